The summed E-state index contributed by atoms with van der Waals surface area (Å²) in [6, 6.07) is 7.14. The fraction of sp³-hybridized carbons (Fsp3) is 0.188. The van der Waals surface area contributed by atoms with Crippen LogP contribution in [-0.4, -0.2) is 36.9 Å². The average molecular weight is 324 g/mol. The molecule has 0 fully saturated rings. The third-order valence-electron chi connectivity index (χ3n) is 3.73. The molecule has 8 nitrogen and oxygen atoms in total. The first-order valence-corrected chi connectivity index (χ1v) is 7.32. The van der Waals surface area contributed by atoms with E-state index in [9.17, 15) is 9.59 Å². The molecule has 1 amide bonds. The number of benzene rings is 1. The summed E-state index contributed by atoms with van der Waals surface area (Å²) in [7, 11) is 0. The summed E-state index contributed by atoms with van der Waals surface area (Å²) in [4.78, 5) is 27.2. The van der Waals surface area contributed by atoms with Gasteiger partial charge in [-0.3, -0.25) is 9.59 Å². The highest BCUT2D eigenvalue weighted by atomic mass is 16.2. The fourth-order valence-electron chi connectivity index (χ4n) is 2.70. The number of hydrogen-bond donors (Lipinski definition) is 2. The number of nitrogens with one attached hydrogen (secondary N) is 2. The number of rotatable bonds is 4. The Hall–Kier alpha value is -3.29. The Morgan fingerprint density at radius 1 is 1.25 bits per heavy atom. The normalized spacial score (nSPS) is 10.6. The number of nitrogens with zero attached hydrogens (tertiary/aromatic N) is 4. The largest absolute Gasteiger partial charge is 0.354 e. The molecule has 0 bridgehead atoms. The van der Waals surface area contributed by atoms with Gasteiger partial charge in [-0.05, 0) is 55.0 Å². The number of aromatic amines is 1. The van der Waals surface area contributed by atoms with Gasteiger partial charge in [0.2, 0.25) is 0 Å². The number of tetrazole rings is 1. The van der Waals surface area contributed by atoms with Crippen LogP contribution < -0.4 is 5.32 Å². The Morgan fingerprint density at radius 2 is 2.04 bits per heavy atom. The van der Waals surface area contributed by atoms with Gasteiger partial charge in [-0.2, -0.15) is 0 Å². The molecule has 0 unspecified atom stereocenters. The lowest BCUT2D eigenvalue weighted by molar-refractivity contribution is 0.101. The summed E-state index contributed by atoms with van der Waals surface area (Å²) < 4.78 is 1.49. The maximum atomic E-state index is 12.5. The molecule has 122 valence electrons. The van der Waals surface area contributed by atoms with Gasteiger partial charge in [0, 0.05) is 16.9 Å². The Morgan fingerprint density at radius 3 is 2.67 bits per heavy atom. The van der Waals surface area contributed by atoms with E-state index in [0.717, 1.165) is 5.69 Å². The van der Waals surface area contributed by atoms with Crippen LogP contribution in [0.5, 0.6) is 0 Å². The van der Waals surface area contributed by atoms with Crippen molar-refractivity contribution in [3.05, 3.63) is 53.1 Å². The highest BCUT2D eigenvalue weighted by Gasteiger charge is 2.19. The molecule has 0 radical (unpaired) electrons. The molecule has 24 heavy (non-hydrogen) atoms. The standard InChI is InChI=1S/C16H16N6O2/c1-9-14(11(3)23)10(2)18-15(9)16(24)19-12-5-4-6-13(7-12)22-8-17-20-21-22/h4-8,18H,1-3H3,(H,19,24). The summed E-state index contributed by atoms with van der Waals surface area (Å²) in [5.41, 5.74) is 3.60. The van der Waals surface area contributed by atoms with Gasteiger partial charge in [-0.1, -0.05) is 6.07 Å². The molecule has 1 aromatic carbocycles. The summed E-state index contributed by atoms with van der Waals surface area (Å²) in [5.74, 6) is -0.377. The van der Waals surface area contributed by atoms with Gasteiger partial charge < -0.3 is 10.3 Å². The van der Waals surface area contributed by atoms with E-state index in [1.54, 1.807) is 32.0 Å². The highest BCUT2D eigenvalue weighted by molar-refractivity contribution is 6.07. The molecule has 0 aliphatic heterocycles. The monoisotopic (exact) mass is 324 g/mol. The quantitative estimate of drug-likeness (QED) is 0.715. The number of Topliss-reactive ketones (excluding diaryl/α,β-unsaturated/α-hetero) is 1. The second-order valence-corrected chi connectivity index (χ2v) is 5.44. The topological polar surface area (TPSA) is 106 Å². The summed E-state index contributed by atoms with van der Waals surface area (Å²) in [6.07, 6.45) is 1.47. The molecule has 3 aromatic rings. The third kappa shape index (κ3) is 2.81. The smallest absolute Gasteiger partial charge is 0.272 e. The number of carbonyl (C=O) groups excluding carboxylic acids is 2. The second kappa shape index (κ2) is 6.07. The predicted molar refractivity (Wildman–Crippen MR) is 87.4 cm³/mol. The minimum atomic E-state index is -0.308. The van der Waals surface area contributed by atoms with E-state index in [0.29, 0.717) is 28.2 Å². The van der Waals surface area contributed by atoms with E-state index in [1.165, 1.54) is 17.9 Å². The summed E-state index contributed by atoms with van der Waals surface area (Å²) in [6.45, 7) is 5.02. The van der Waals surface area contributed by atoms with Gasteiger partial charge in [0.1, 0.15) is 12.0 Å². The van der Waals surface area contributed by atoms with E-state index < -0.39 is 0 Å². The van der Waals surface area contributed by atoms with Gasteiger partial charge in [-0.15, -0.1) is 5.10 Å². The van der Waals surface area contributed by atoms with Gasteiger partial charge in [0.05, 0.1) is 5.69 Å². The fourth-order valence-corrected chi connectivity index (χ4v) is 2.70. The number of hydrogen-bond acceptors (Lipinski definition) is 5. The maximum Gasteiger partial charge on any atom is 0.272 e. The molecule has 3 rings (SSSR count). The van der Waals surface area contributed by atoms with Crippen molar-refractivity contribution in [3.63, 3.8) is 0 Å². The first-order valence-electron chi connectivity index (χ1n) is 7.32. The molecule has 2 heterocycles. The van der Waals surface area contributed by atoms with Crippen molar-refractivity contribution in [3.8, 4) is 5.69 Å². The molecule has 2 aromatic heterocycles. The van der Waals surface area contributed by atoms with Crippen LogP contribution >= 0.6 is 0 Å². The van der Waals surface area contributed by atoms with Gasteiger partial charge >= 0.3 is 0 Å². The molecule has 8 heteroatoms. The van der Waals surface area contributed by atoms with Crippen LogP contribution in [0, 0.1) is 13.8 Å². The molecular weight excluding hydrogens is 308 g/mol. The van der Waals surface area contributed by atoms with Crippen LogP contribution in [0.15, 0.2) is 30.6 Å². The molecule has 0 spiro atoms. The highest BCUT2D eigenvalue weighted by Crippen LogP contribution is 2.20. The number of ketones is 1. The molecular formula is C16H16N6O2. The lowest BCUT2D eigenvalue weighted by Gasteiger charge is -2.07. The number of aromatic nitrogens is 5. The number of H-pyrrole nitrogens is 1. The third-order valence-corrected chi connectivity index (χ3v) is 3.73. The zero-order valence-electron chi connectivity index (χ0n) is 13.5. The molecule has 0 saturated carbocycles. The average Bonchev–Trinajstić information content (AvgIpc) is 3.15. The van der Waals surface area contributed by atoms with Crippen LogP contribution in [-0.2, 0) is 0 Å². The summed E-state index contributed by atoms with van der Waals surface area (Å²) in [5, 5.41) is 13.8. The van der Waals surface area contributed by atoms with Crippen LogP contribution in [0.3, 0.4) is 0 Å². The Kier molecular flexibility index (Phi) is 3.95. The van der Waals surface area contributed by atoms with Crippen molar-refractivity contribution in [2.24, 2.45) is 0 Å². The van der Waals surface area contributed by atoms with Crippen molar-refractivity contribution in [1.82, 2.24) is 25.2 Å². The lowest BCUT2D eigenvalue weighted by atomic mass is 10.1. The van der Waals surface area contributed by atoms with Crippen LogP contribution in [0.1, 0.15) is 39.0 Å². The Bertz CT molecular complexity index is 911. The van der Waals surface area contributed by atoms with Crippen molar-refractivity contribution in [2.75, 3.05) is 5.32 Å². The first kappa shape index (κ1) is 15.6. The van der Waals surface area contributed by atoms with E-state index >= 15 is 0 Å². The predicted octanol–water partition coefficient (Wildman–Crippen LogP) is 2.06. The van der Waals surface area contributed by atoms with Gasteiger partial charge in [0.25, 0.3) is 5.91 Å². The molecule has 2 N–H and O–H groups in total. The van der Waals surface area contributed by atoms with Gasteiger partial charge in [-0.25, -0.2) is 4.68 Å². The number of aryl methyl sites for hydroxylation is 1. The minimum Gasteiger partial charge on any atom is -0.354 e. The van der Waals surface area contributed by atoms with Crippen LogP contribution in [0.2, 0.25) is 0 Å². The second-order valence-electron chi connectivity index (χ2n) is 5.44. The minimum absolute atomic E-state index is 0.0685. The maximum absolute atomic E-state index is 12.5. The van der Waals surface area contributed by atoms with E-state index in [4.69, 9.17) is 0 Å². The number of anilines is 1. The van der Waals surface area contributed by atoms with E-state index in [-0.39, 0.29) is 11.7 Å². The van der Waals surface area contributed by atoms with Crippen molar-refractivity contribution >= 4 is 17.4 Å². The molecule has 0 aliphatic carbocycles. The zero-order chi connectivity index (χ0) is 17.3. The van der Waals surface area contributed by atoms with Crippen LogP contribution in [0.4, 0.5) is 5.69 Å². The first-order chi connectivity index (χ1) is 11.5. The lowest BCUT2D eigenvalue weighted by Crippen LogP contribution is -2.14. The summed E-state index contributed by atoms with van der Waals surface area (Å²) >= 11 is 0. The molecule has 0 atom stereocenters. The van der Waals surface area contributed by atoms with E-state index in [1.807, 2.05) is 6.07 Å². The number of carbonyl (C=O) groups is 2. The molecule has 0 saturated heterocycles. The molecule has 0 aliphatic rings. The number of amides is 1. The SMILES string of the molecule is CC(=O)c1c(C)[nH]c(C(=O)Nc2cccc(-n3cnnn3)c2)c1C. The zero-order valence-corrected chi connectivity index (χ0v) is 13.5. The Balaban J connectivity index is 1.87. The van der Waals surface area contributed by atoms with Gasteiger partial charge in [0.15, 0.2) is 5.78 Å². The van der Waals surface area contributed by atoms with Crippen molar-refractivity contribution in [1.29, 1.82) is 0 Å². The van der Waals surface area contributed by atoms with E-state index in [2.05, 4.69) is 25.8 Å². The Labute approximate surface area is 137 Å². The van der Waals surface area contributed by atoms with Crippen molar-refractivity contribution < 1.29 is 9.59 Å². The van der Waals surface area contributed by atoms with Crippen molar-refractivity contribution in [2.45, 2.75) is 20.8 Å². The van der Waals surface area contributed by atoms with Crippen LogP contribution in [0.25, 0.3) is 5.69 Å².